The van der Waals surface area contributed by atoms with Gasteiger partial charge in [0.15, 0.2) is 16.6 Å². The maximum absolute atomic E-state index is 9.50. The summed E-state index contributed by atoms with van der Waals surface area (Å²) in [6, 6.07) is 15.7. The number of pyridine rings is 1. The summed E-state index contributed by atoms with van der Waals surface area (Å²) in [5.41, 5.74) is 3.42. The number of hydrogen-bond donors (Lipinski definition) is 3. The third-order valence-electron chi connectivity index (χ3n) is 4.78. The van der Waals surface area contributed by atoms with Crippen molar-refractivity contribution in [2.45, 2.75) is 13.3 Å². The minimum atomic E-state index is 0.199. The molecule has 0 fully saturated rings. The molecule has 3 aromatic rings. The third-order valence-corrected chi connectivity index (χ3v) is 5.03. The Labute approximate surface area is 180 Å². The molecule has 0 unspecified atom stereocenters. The number of anilines is 2. The Morgan fingerprint density at radius 3 is 2.77 bits per heavy atom. The standard InChI is InChI=1S/C22H21N5O2S/c1-2-14-5-3-4-6-17(14)27-22(30)25-8-7-24-21-16(12-23)9-15-10-19-20(29-13-28-19)11-18(15)26-21/h3-6,9-11H,2,7-8,13H2,1H3,(H,24,26)(H2,25,27,30). The van der Waals surface area contributed by atoms with Gasteiger partial charge in [-0.1, -0.05) is 25.1 Å². The van der Waals surface area contributed by atoms with Gasteiger partial charge in [-0.25, -0.2) is 4.98 Å². The lowest BCUT2D eigenvalue weighted by atomic mass is 10.1. The largest absolute Gasteiger partial charge is 0.454 e. The third kappa shape index (κ3) is 4.21. The van der Waals surface area contributed by atoms with Gasteiger partial charge in [-0.3, -0.25) is 0 Å². The van der Waals surface area contributed by atoms with E-state index in [1.807, 2.05) is 30.3 Å². The van der Waals surface area contributed by atoms with E-state index in [0.717, 1.165) is 23.0 Å². The number of aryl methyl sites for hydroxylation is 1. The number of fused-ring (bicyclic) bond motifs is 2. The van der Waals surface area contributed by atoms with E-state index in [2.05, 4.69) is 40.0 Å². The van der Waals surface area contributed by atoms with Gasteiger partial charge in [0, 0.05) is 30.2 Å². The van der Waals surface area contributed by atoms with Crippen molar-refractivity contribution >= 4 is 39.7 Å². The highest BCUT2D eigenvalue weighted by Crippen LogP contribution is 2.36. The van der Waals surface area contributed by atoms with E-state index in [4.69, 9.17) is 21.7 Å². The highest BCUT2D eigenvalue weighted by molar-refractivity contribution is 7.80. The van der Waals surface area contributed by atoms with E-state index >= 15 is 0 Å². The fourth-order valence-electron chi connectivity index (χ4n) is 3.26. The molecule has 30 heavy (non-hydrogen) atoms. The molecule has 4 rings (SSSR count). The number of benzene rings is 2. The summed E-state index contributed by atoms with van der Waals surface area (Å²) in [5.74, 6) is 1.86. The minimum Gasteiger partial charge on any atom is -0.454 e. The first-order chi connectivity index (χ1) is 14.7. The number of para-hydroxylation sites is 1. The predicted molar refractivity (Wildman–Crippen MR) is 121 cm³/mol. The maximum Gasteiger partial charge on any atom is 0.231 e. The number of ether oxygens (including phenoxy) is 2. The lowest BCUT2D eigenvalue weighted by Gasteiger charge is -2.14. The van der Waals surface area contributed by atoms with Gasteiger partial charge < -0.3 is 25.4 Å². The second kappa shape index (κ2) is 8.84. The smallest absolute Gasteiger partial charge is 0.231 e. The summed E-state index contributed by atoms with van der Waals surface area (Å²) < 4.78 is 10.8. The molecule has 0 aliphatic carbocycles. The van der Waals surface area contributed by atoms with Crippen molar-refractivity contribution in [2.75, 3.05) is 30.5 Å². The van der Waals surface area contributed by atoms with Crippen molar-refractivity contribution in [1.29, 1.82) is 5.26 Å². The average Bonchev–Trinajstić information content (AvgIpc) is 3.22. The van der Waals surface area contributed by atoms with Crippen LogP contribution in [0, 0.1) is 11.3 Å². The molecule has 3 N–H and O–H groups in total. The molecule has 0 radical (unpaired) electrons. The molecule has 0 spiro atoms. The van der Waals surface area contributed by atoms with Crippen LogP contribution in [0.4, 0.5) is 11.5 Å². The molecule has 2 heterocycles. The van der Waals surface area contributed by atoms with Crippen LogP contribution >= 0.6 is 12.2 Å². The van der Waals surface area contributed by atoms with Crippen LogP contribution in [0.5, 0.6) is 11.5 Å². The van der Waals surface area contributed by atoms with Crippen LogP contribution in [0.3, 0.4) is 0 Å². The number of nitrogens with zero attached hydrogens (tertiary/aromatic N) is 2. The molecule has 0 bridgehead atoms. The molecular weight excluding hydrogens is 398 g/mol. The molecule has 1 aliphatic heterocycles. The highest BCUT2D eigenvalue weighted by atomic mass is 32.1. The second-order valence-corrected chi connectivity index (χ2v) is 7.12. The Hall–Kier alpha value is -3.57. The highest BCUT2D eigenvalue weighted by Gasteiger charge is 2.16. The molecule has 2 aromatic carbocycles. The number of hydrogen-bond acceptors (Lipinski definition) is 6. The molecule has 7 nitrogen and oxygen atoms in total. The number of thiocarbonyl (C=S) groups is 1. The van der Waals surface area contributed by atoms with Crippen LogP contribution in [0.15, 0.2) is 42.5 Å². The maximum atomic E-state index is 9.50. The molecule has 0 amide bonds. The Bertz CT molecular complexity index is 1140. The van der Waals surface area contributed by atoms with Gasteiger partial charge in [0.25, 0.3) is 0 Å². The van der Waals surface area contributed by atoms with Crippen LogP contribution < -0.4 is 25.4 Å². The summed E-state index contributed by atoms with van der Waals surface area (Å²) in [7, 11) is 0. The molecule has 0 atom stereocenters. The predicted octanol–water partition coefficient (Wildman–Crippen LogP) is 3.80. The topological polar surface area (TPSA) is 91.2 Å². The molecule has 8 heteroatoms. The van der Waals surface area contributed by atoms with Gasteiger partial charge >= 0.3 is 0 Å². The summed E-state index contributed by atoms with van der Waals surface area (Å²) in [6.45, 7) is 3.43. The van der Waals surface area contributed by atoms with Crippen molar-refractivity contribution in [3.05, 3.63) is 53.6 Å². The number of nitrogens with one attached hydrogen (secondary N) is 3. The fraction of sp³-hybridized carbons (Fsp3) is 0.227. The molecular formula is C22H21N5O2S. The molecule has 1 aliphatic rings. The first-order valence-corrected chi connectivity index (χ1v) is 10.1. The van der Waals surface area contributed by atoms with Gasteiger partial charge in [0.05, 0.1) is 11.1 Å². The monoisotopic (exact) mass is 419 g/mol. The van der Waals surface area contributed by atoms with E-state index < -0.39 is 0 Å². The van der Waals surface area contributed by atoms with Gasteiger partial charge in [0.2, 0.25) is 6.79 Å². The van der Waals surface area contributed by atoms with Crippen molar-refractivity contribution in [3.8, 4) is 17.6 Å². The Morgan fingerprint density at radius 2 is 1.97 bits per heavy atom. The number of aromatic nitrogens is 1. The molecule has 0 saturated heterocycles. The Balaban J connectivity index is 1.37. The Kier molecular flexibility index (Phi) is 5.82. The van der Waals surface area contributed by atoms with Crippen molar-refractivity contribution < 1.29 is 9.47 Å². The molecule has 152 valence electrons. The summed E-state index contributed by atoms with van der Waals surface area (Å²) >= 11 is 5.39. The fourth-order valence-corrected chi connectivity index (χ4v) is 3.47. The van der Waals surface area contributed by atoms with Crippen LogP contribution in [-0.4, -0.2) is 30.0 Å². The van der Waals surface area contributed by atoms with E-state index in [1.165, 1.54) is 5.56 Å². The van der Waals surface area contributed by atoms with Crippen LogP contribution in [0.2, 0.25) is 0 Å². The minimum absolute atomic E-state index is 0.199. The zero-order valence-corrected chi connectivity index (χ0v) is 17.3. The zero-order chi connectivity index (χ0) is 20.9. The van der Waals surface area contributed by atoms with E-state index in [1.54, 1.807) is 6.07 Å². The summed E-state index contributed by atoms with van der Waals surface area (Å²) in [6.07, 6.45) is 0.929. The zero-order valence-electron chi connectivity index (χ0n) is 16.5. The van der Waals surface area contributed by atoms with E-state index in [0.29, 0.717) is 41.1 Å². The summed E-state index contributed by atoms with van der Waals surface area (Å²) in [4.78, 5) is 4.59. The van der Waals surface area contributed by atoms with Gasteiger partial charge in [-0.05, 0) is 42.4 Å². The van der Waals surface area contributed by atoms with Crippen LogP contribution in [-0.2, 0) is 6.42 Å². The van der Waals surface area contributed by atoms with Gasteiger partial charge in [0.1, 0.15) is 11.9 Å². The van der Waals surface area contributed by atoms with Crippen molar-refractivity contribution in [1.82, 2.24) is 10.3 Å². The van der Waals surface area contributed by atoms with Crippen LogP contribution in [0.25, 0.3) is 10.9 Å². The van der Waals surface area contributed by atoms with Gasteiger partial charge in [-0.2, -0.15) is 5.26 Å². The lowest BCUT2D eigenvalue weighted by Crippen LogP contribution is -2.32. The summed E-state index contributed by atoms with van der Waals surface area (Å²) in [5, 5.41) is 20.5. The molecule has 1 aromatic heterocycles. The normalized spacial score (nSPS) is 11.7. The van der Waals surface area contributed by atoms with E-state index in [9.17, 15) is 5.26 Å². The average molecular weight is 420 g/mol. The number of rotatable bonds is 6. The van der Waals surface area contributed by atoms with Gasteiger partial charge in [-0.15, -0.1) is 0 Å². The second-order valence-electron chi connectivity index (χ2n) is 6.71. The first-order valence-electron chi connectivity index (χ1n) is 9.69. The van der Waals surface area contributed by atoms with Crippen molar-refractivity contribution in [3.63, 3.8) is 0 Å². The first kappa shape index (κ1) is 19.7. The van der Waals surface area contributed by atoms with E-state index in [-0.39, 0.29) is 6.79 Å². The SMILES string of the molecule is CCc1ccccc1NC(=S)NCCNc1nc2cc3c(cc2cc1C#N)OCO3. The molecule has 0 saturated carbocycles. The Morgan fingerprint density at radius 1 is 1.17 bits per heavy atom. The number of nitriles is 1. The lowest BCUT2D eigenvalue weighted by molar-refractivity contribution is 0.174. The van der Waals surface area contributed by atoms with Crippen LogP contribution in [0.1, 0.15) is 18.1 Å². The quantitative estimate of drug-likeness (QED) is 0.411. The van der Waals surface area contributed by atoms with Crippen molar-refractivity contribution in [2.24, 2.45) is 0 Å².